The highest BCUT2D eigenvalue weighted by Crippen LogP contribution is 2.60. The average molecular weight is 510 g/mol. The lowest BCUT2D eigenvalue weighted by Gasteiger charge is -2.60. The molecule has 4 bridgehead atoms. The summed E-state index contributed by atoms with van der Waals surface area (Å²) in [5.74, 6) is 0.924. The maximum absolute atomic E-state index is 13.4. The summed E-state index contributed by atoms with van der Waals surface area (Å²) in [5, 5.41) is 3.29. The number of carbonyl (C=O) groups excluding carboxylic acids is 2. The molecule has 9 heteroatoms. The molecule has 1 aromatic carbocycles. The molecule has 0 heterocycles. The van der Waals surface area contributed by atoms with E-state index in [0.717, 1.165) is 45.2 Å². The highest BCUT2D eigenvalue weighted by molar-refractivity contribution is 7.89. The number of amides is 2. The predicted molar refractivity (Wildman–Crippen MR) is 132 cm³/mol. The van der Waals surface area contributed by atoms with E-state index in [1.54, 1.807) is 26.0 Å². The number of carbonyl (C=O) groups is 2. The molecule has 2 amide bonds. The molecule has 0 aromatic heterocycles. The summed E-state index contributed by atoms with van der Waals surface area (Å²) in [6, 6.07) is 6.14. The van der Waals surface area contributed by atoms with Gasteiger partial charge in [-0.15, -0.1) is 0 Å². The Bertz CT molecular complexity index is 1050. The van der Waals surface area contributed by atoms with E-state index in [4.69, 9.17) is 11.6 Å². The molecule has 0 saturated heterocycles. The van der Waals surface area contributed by atoms with Crippen LogP contribution < -0.4 is 10.0 Å². The first-order chi connectivity index (χ1) is 15.9. The van der Waals surface area contributed by atoms with Crippen molar-refractivity contribution in [3.8, 4) is 0 Å². The first kappa shape index (κ1) is 25.5. The summed E-state index contributed by atoms with van der Waals surface area (Å²) < 4.78 is 28.4. The monoisotopic (exact) mass is 509 g/mol. The topological polar surface area (TPSA) is 95.6 Å². The zero-order chi connectivity index (χ0) is 24.9. The third-order valence-electron chi connectivity index (χ3n) is 8.16. The van der Waals surface area contributed by atoms with E-state index in [2.05, 4.69) is 10.0 Å². The zero-order valence-electron chi connectivity index (χ0n) is 20.4. The van der Waals surface area contributed by atoms with E-state index in [0.29, 0.717) is 5.92 Å². The van der Waals surface area contributed by atoms with Crippen molar-refractivity contribution < 1.29 is 18.0 Å². The van der Waals surface area contributed by atoms with Gasteiger partial charge in [0, 0.05) is 19.1 Å². The number of hydrogen-bond acceptors (Lipinski definition) is 4. The van der Waals surface area contributed by atoms with E-state index in [1.165, 1.54) is 12.1 Å². The fourth-order valence-electron chi connectivity index (χ4n) is 6.80. The number of sulfonamides is 1. The number of nitrogens with one attached hydrogen (secondary N) is 2. The van der Waals surface area contributed by atoms with Crippen LogP contribution in [0, 0.1) is 23.2 Å². The summed E-state index contributed by atoms with van der Waals surface area (Å²) in [4.78, 5) is 28.6. The molecule has 34 heavy (non-hydrogen) atoms. The Morgan fingerprint density at radius 1 is 1.09 bits per heavy atom. The molecular weight excluding hydrogens is 474 g/mol. The fraction of sp³-hybridized carbons (Fsp3) is 0.680. The molecule has 1 aromatic rings. The third kappa shape index (κ3) is 4.49. The number of nitrogens with zero attached hydrogens (tertiary/aromatic N) is 1. The van der Waals surface area contributed by atoms with Gasteiger partial charge in [0.2, 0.25) is 21.8 Å². The highest BCUT2D eigenvalue weighted by Gasteiger charge is 2.59. The highest BCUT2D eigenvalue weighted by atomic mass is 35.5. The van der Waals surface area contributed by atoms with Crippen LogP contribution >= 0.6 is 11.6 Å². The van der Waals surface area contributed by atoms with Crippen molar-refractivity contribution in [2.24, 2.45) is 23.2 Å². The molecule has 4 aliphatic carbocycles. The van der Waals surface area contributed by atoms with E-state index >= 15 is 0 Å². The Hall–Kier alpha value is -1.64. The number of hydrogen-bond donors (Lipinski definition) is 2. The van der Waals surface area contributed by atoms with Crippen molar-refractivity contribution in [3.05, 3.63) is 29.3 Å². The Morgan fingerprint density at radius 2 is 1.68 bits per heavy atom. The quantitative estimate of drug-likeness (QED) is 0.560. The summed E-state index contributed by atoms with van der Waals surface area (Å²) in [6.45, 7) is 8.62. The summed E-state index contributed by atoms with van der Waals surface area (Å²) >= 11 is 6.09. The standard InChI is InChI=1S/C25H36ClN3O4S/c1-5-29(6-2)23(31)25-13-16-11-17(14-25)21(18(12-16)15-25)27-22(30)24(3,4)28-34(32,33)20-10-8-7-9-19(20)26/h7-10,16-18,21,28H,5-6,11-15H2,1-4H3,(H,27,30). The molecule has 0 radical (unpaired) electrons. The molecule has 4 saturated carbocycles. The van der Waals surface area contributed by atoms with E-state index in [-0.39, 0.29) is 45.0 Å². The van der Waals surface area contributed by atoms with Crippen LogP contribution in [0.15, 0.2) is 29.2 Å². The van der Waals surface area contributed by atoms with Crippen LogP contribution in [0.5, 0.6) is 0 Å². The minimum Gasteiger partial charge on any atom is -0.351 e. The van der Waals surface area contributed by atoms with Gasteiger partial charge in [-0.25, -0.2) is 8.42 Å². The average Bonchev–Trinajstić information content (AvgIpc) is 2.75. The Labute approximate surface area is 208 Å². The van der Waals surface area contributed by atoms with Gasteiger partial charge in [-0.1, -0.05) is 23.7 Å². The minimum absolute atomic E-state index is 0.0363. The van der Waals surface area contributed by atoms with Crippen LogP contribution in [-0.4, -0.2) is 49.8 Å². The van der Waals surface area contributed by atoms with Gasteiger partial charge >= 0.3 is 0 Å². The number of rotatable bonds is 8. The Balaban J connectivity index is 1.48. The van der Waals surface area contributed by atoms with Crippen molar-refractivity contribution in [2.45, 2.75) is 76.3 Å². The summed E-state index contributed by atoms with van der Waals surface area (Å²) in [5.41, 5.74) is -1.66. The summed E-state index contributed by atoms with van der Waals surface area (Å²) in [7, 11) is -3.98. The molecular formula is C25H36ClN3O4S. The maximum atomic E-state index is 13.4. The molecule has 188 valence electrons. The van der Waals surface area contributed by atoms with Crippen LogP contribution in [0.25, 0.3) is 0 Å². The molecule has 4 aliphatic rings. The lowest BCUT2D eigenvalue weighted by Crippen LogP contribution is -2.65. The van der Waals surface area contributed by atoms with Gasteiger partial charge in [-0.3, -0.25) is 9.59 Å². The first-order valence-electron chi connectivity index (χ1n) is 12.3. The van der Waals surface area contributed by atoms with Gasteiger partial charge in [0.25, 0.3) is 0 Å². The molecule has 5 rings (SSSR count). The van der Waals surface area contributed by atoms with E-state index in [9.17, 15) is 18.0 Å². The zero-order valence-corrected chi connectivity index (χ0v) is 22.0. The van der Waals surface area contributed by atoms with Crippen molar-refractivity contribution >= 4 is 33.4 Å². The third-order valence-corrected chi connectivity index (χ3v) is 10.3. The largest absolute Gasteiger partial charge is 0.351 e. The van der Waals surface area contributed by atoms with Crippen molar-refractivity contribution in [1.82, 2.24) is 14.9 Å². The molecule has 2 N–H and O–H groups in total. The van der Waals surface area contributed by atoms with Gasteiger partial charge in [-0.2, -0.15) is 4.72 Å². The normalized spacial score (nSPS) is 30.3. The van der Waals surface area contributed by atoms with E-state index in [1.807, 2.05) is 18.7 Å². The molecule has 0 aliphatic heterocycles. The molecule has 0 spiro atoms. The Morgan fingerprint density at radius 3 is 2.24 bits per heavy atom. The van der Waals surface area contributed by atoms with Gasteiger partial charge in [-0.05, 0) is 89.7 Å². The SMILES string of the molecule is CCN(CC)C(=O)C12CC3CC(C1)C(NC(=O)C(C)(C)NS(=O)(=O)c1ccccc1Cl)C(C3)C2. The maximum Gasteiger partial charge on any atom is 0.243 e. The number of halogens is 1. The molecule has 2 unspecified atom stereocenters. The number of benzene rings is 1. The smallest absolute Gasteiger partial charge is 0.243 e. The second kappa shape index (κ2) is 9.10. The lowest BCUT2D eigenvalue weighted by molar-refractivity contribution is -0.161. The van der Waals surface area contributed by atoms with Gasteiger partial charge in [0.05, 0.1) is 10.4 Å². The van der Waals surface area contributed by atoms with Gasteiger partial charge < -0.3 is 10.2 Å². The van der Waals surface area contributed by atoms with Crippen LogP contribution in [0.3, 0.4) is 0 Å². The molecule has 4 fully saturated rings. The first-order valence-corrected chi connectivity index (χ1v) is 14.2. The molecule has 7 nitrogen and oxygen atoms in total. The summed E-state index contributed by atoms with van der Waals surface area (Å²) in [6.07, 6.45) is 4.58. The fourth-order valence-corrected chi connectivity index (χ4v) is 8.70. The van der Waals surface area contributed by atoms with Crippen molar-refractivity contribution in [2.75, 3.05) is 13.1 Å². The van der Waals surface area contributed by atoms with Gasteiger partial charge in [0.15, 0.2) is 0 Å². The van der Waals surface area contributed by atoms with Gasteiger partial charge in [0.1, 0.15) is 10.4 Å². The predicted octanol–water partition coefficient (Wildman–Crippen LogP) is 3.58. The second-order valence-electron chi connectivity index (χ2n) is 10.9. The van der Waals surface area contributed by atoms with Crippen LogP contribution in [0.2, 0.25) is 5.02 Å². The second-order valence-corrected chi connectivity index (χ2v) is 12.9. The van der Waals surface area contributed by atoms with Crippen molar-refractivity contribution in [1.29, 1.82) is 0 Å². The molecule has 2 atom stereocenters. The minimum atomic E-state index is -3.98. The van der Waals surface area contributed by atoms with Crippen LogP contribution in [0.1, 0.15) is 59.8 Å². The van der Waals surface area contributed by atoms with Crippen LogP contribution in [-0.2, 0) is 19.6 Å². The Kier molecular flexibility index (Phi) is 6.81. The van der Waals surface area contributed by atoms with Crippen LogP contribution in [0.4, 0.5) is 0 Å². The van der Waals surface area contributed by atoms with E-state index < -0.39 is 15.6 Å². The van der Waals surface area contributed by atoms with Crippen molar-refractivity contribution in [3.63, 3.8) is 0 Å². The lowest BCUT2D eigenvalue weighted by atomic mass is 9.47.